The zero-order valence-corrected chi connectivity index (χ0v) is 14.6. The van der Waals surface area contributed by atoms with Crippen LogP contribution in [0.25, 0.3) is 0 Å². The number of nitrogens with one attached hydrogen (secondary N) is 1. The molecule has 2 heterocycles. The first-order valence-corrected chi connectivity index (χ1v) is 9.41. The van der Waals surface area contributed by atoms with Gasteiger partial charge >= 0.3 is 6.03 Å². The highest BCUT2D eigenvalue weighted by atomic mass is 16.2. The first-order valence-electron chi connectivity index (χ1n) is 9.41. The number of benzene rings is 1. The predicted octanol–water partition coefficient (Wildman–Crippen LogP) is 4.72. The van der Waals surface area contributed by atoms with Crippen LogP contribution in [0.5, 0.6) is 0 Å². The summed E-state index contributed by atoms with van der Waals surface area (Å²) in [5.74, 6) is 0. The molecule has 1 atom stereocenters. The first-order chi connectivity index (χ1) is 12.3. The normalized spacial score (nSPS) is 20.0. The number of carbonyl (C=O) groups is 1. The van der Waals surface area contributed by atoms with Gasteiger partial charge in [0.1, 0.15) is 0 Å². The minimum Gasteiger partial charge on any atom is -0.317 e. The number of anilines is 1. The Morgan fingerprint density at radius 1 is 1.08 bits per heavy atom. The van der Waals surface area contributed by atoms with E-state index in [9.17, 15) is 4.79 Å². The van der Waals surface area contributed by atoms with Crippen LogP contribution in [0.1, 0.15) is 54.8 Å². The Hall–Kier alpha value is -2.36. The lowest BCUT2D eigenvalue weighted by atomic mass is 9.90. The SMILES string of the molecule is O=C(Nc1cccc2c1CCCC2)N1CCCC[C@H]1c1cccnc1. The molecule has 25 heavy (non-hydrogen) atoms. The van der Waals surface area contributed by atoms with E-state index in [2.05, 4.69) is 28.5 Å². The number of likely N-dealkylation sites (tertiary alicyclic amines) is 1. The smallest absolute Gasteiger partial charge is 0.317 e. The van der Waals surface area contributed by atoms with Gasteiger partial charge in [-0.1, -0.05) is 18.2 Å². The minimum absolute atomic E-state index is 0.0209. The highest BCUT2D eigenvalue weighted by Crippen LogP contribution is 2.32. The fourth-order valence-corrected chi connectivity index (χ4v) is 4.18. The van der Waals surface area contributed by atoms with Crippen molar-refractivity contribution in [3.05, 3.63) is 59.4 Å². The van der Waals surface area contributed by atoms with E-state index in [1.165, 1.54) is 24.0 Å². The van der Waals surface area contributed by atoms with E-state index in [0.29, 0.717) is 0 Å². The van der Waals surface area contributed by atoms with E-state index in [1.807, 2.05) is 23.2 Å². The van der Waals surface area contributed by atoms with Crippen molar-refractivity contribution in [3.8, 4) is 0 Å². The maximum absolute atomic E-state index is 13.0. The molecule has 0 radical (unpaired) electrons. The van der Waals surface area contributed by atoms with Crippen LogP contribution in [0.4, 0.5) is 10.5 Å². The number of pyridine rings is 1. The molecule has 0 saturated carbocycles. The molecule has 1 aromatic carbocycles. The zero-order chi connectivity index (χ0) is 17.1. The zero-order valence-electron chi connectivity index (χ0n) is 14.6. The Kier molecular flexibility index (Phi) is 4.68. The van der Waals surface area contributed by atoms with Gasteiger partial charge in [0.05, 0.1) is 6.04 Å². The average molecular weight is 335 g/mol. The molecule has 2 aliphatic rings. The predicted molar refractivity (Wildman–Crippen MR) is 99.6 cm³/mol. The molecule has 130 valence electrons. The van der Waals surface area contributed by atoms with E-state index >= 15 is 0 Å². The molecule has 1 aliphatic heterocycles. The van der Waals surface area contributed by atoms with E-state index in [4.69, 9.17) is 0 Å². The number of hydrogen-bond donors (Lipinski definition) is 1. The van der Waals surface area contributed by atoms with Crippen LogP contribution in [-0.4, -0.2) is 22.5 Å². The van der Waals surface area contributed by atoms with Crippen molar-refractivity contribution in [3.63, 3.8) is 0 Å². The Bertz CT molecular complexity index is 744. The van der Waals surface area contributed by atoms with Crippen molar-refractivity contribution in [1.29, 1.82) is 0 Å². The largest absolute Gasteiger partial charge is 0.322 e. The third-order valence-corrected chi connectivity index (χ3v) is 5.47. The van der Waals surface area contributed by atoms with Crippen molar-refractivity contribution in [2.45, 2.75) is 51.0 Å². The number of aryl methyl sites for hydroxylation is 1. The maximum Gasteiger partial charge on any atom is 0.322 e. The number of piperidine rings is 1. The lowest BCUT2D eigenvalue weighted by Crippen LogP contribution is -2.41. The summed E-state index contributed by atoms with van der Waals surface area (Å²) < 4.78 is 0. The van der Waals surface area contributed by atoms with Crippen molar-refractivity contribution >= 4 is 11.7 Å². The molecule has 1 aliphatic carbocycles. The van der Waals surface area contributed by atoms with E-state index < -0.39 is 0 Å². The summed E-state index contributed by atoms with van der Waals surface area (Å²) >= 11 is 0. The summed E-state index contributed by atoms with van der Waals surface area (Å²) in [6.45, 7) is 0.806. The maximum atomic E-state index is 13.0. The lowest BCUT2D eigenvalue weighted by Gasteiger charge is -2.36. The van der Waals surface area contributed by atoms with Crippen LogP contribution in [0.2, 0.25) is 0 Å². The van der Waals surface area contributed by atoms with Gasteiger partial charge in [-0.05, 0) is 73.8 Å². The van der Waals surface area contributed by atoms with E-state index in [-0.39, 0.29) is 12.1 Å². The topological polar surface area (TPSA) is 45.2 Å². The standard InChI is InChI=1S/C21H25N3O/c25-21(23-19-11-5-8-16-7-1-2-10-18(16)19)24-14-4-3-12-20(24)17-9-6-13-22-15-17/h5-6,8-9,11,13,15,20H,1-4,7,10,12,14H2,(H,23,25)/t20-/m0/s1. The minimum atomic E-state index is 0.0209. The summed E-state index contributed by atoms with van der Waals surface area (Å²) in [7, 11) is 0. The fourth-order valence-electron chi connectivity index (χ4n) is 4.18. The van der Waals surface area contributed by atoms with Crippen molar-refractivity contribution in [2.24, 2.45) is 0 Å². The summed E-state index contributed by atoms with van der Waals surface area (Å²) in [5.41, 5.74) is 4.86. The second-order valence-electron chi connectivity index (χ2n) is 7.07. The molecule has 2 amide bonds. The van der Waals surface area contributed by atoms with Gasteiger partial charge < -0.3 is 10.2 Å². The number of hydrogen-bond acceptors (Lipinski definition) is 2. The number of rotatable bonds is 2. The molecule has 4 rings (SSSR count). The highest BCUT2D eigenvalue weighted by molar-refractivity contribution is 5.90. The molecular weight excluding hydrogens is 310 g/mol. The highest BCUT2D eigenvalue weighted by Gasteiger charge is 2.28. The van der Waals surface area contributed by atoms with Crippen LogP contribution in [-0.2, 0) is 12.8 Å². The molecule has 1 saturated heterocycles. The molecule has 4 heteroatoms. The Morgan fingerprint density at radius 3 is 2.88 bits per heavy atom. The van der Waals surface area contributed by atoms with Gasteiger partial charge in [-0.3, -0.25) is 4.98 Å². The summed E-state index contributed by atoms with van der Waals surface area (Å²) in [6, 6.07) is 10.5. The third kappa shape index (κ3) is 3.39. The van der Waals surface area contributed by atoms with Gasteiger partial charge in [-0.15, -0.1) is 0 Å². The Morgan fingerprint density at radius 2 is 2.00 bits per heavy atom. The number of carbonyl (C=O) groups excluding carboxylic acids is 1. The number of urea groups is 1. The fraction of sp³-hybridized carbons (Fsp3) is 0.429. The summed E-state index contributed by atoms with van der Waals surface area (Å²) in [6.07, 6.45) is 11.6. The van der Waals surface area contributed by atoms with Gasteiger partial charge in [0.2, 0.25) is 0 Å². The molecule has 1 aromatic heterocycles. The van der Waals surface area contributed by atoms with Gasteiger partial charge in [-0.2, -0.15) is 0 Å². The summed E-state index contributed by atoms with van der Waals surface area (Å²) in [4.78, 5) is 19.3. The summed E-state index contributed by atoms with van der Waals surface area (Å²) in [5, 5.41) is 3.21. The number of amides is 2. The van der Waals surface area contributed by atoms with Crippen LogP contribution < -0.4 is 5.32 Å². The quantitative estimate of drug-likeness (QED) is 0.863. The van der Waals surface area contributed by atoms with Crippen molar-refractivity contribution in [1.82, 2.24) is 9.88 Å². The van der Waals surface area contributed by atoms with Crippen LogP contribution in [0.3, 0.4) is 0 Å². The molecule has 1 N–H and O–H groups in total. The second-order valence-corrected chi connectivity index (χ2v) is 7.07. The molecule has 2 aromatic rings. The molecule has 4 nitrogen and oxygen atoms in total. The molecule has 0 unspecified atom stereocenters. The molecular formula is C21H25N3O. The van der Waals surface area contributed by atoms with E-state index in [0.717, 1.165) is 49.9 Å². The third-order valence-electron chi connectivity index (χ3n) is 5.47. The number of nitrogens with zero attached hydrogens (tertiary/aromatic N) is 2. The van der Waals surface area contributed by atoms with Crippen LogP contribution >= 0.6 is 0 Å². The lowest BCUT2D eigenvalue weighted by molar-refractivity contribution is 0.163. The Balaban J connectivity index is 1.55. The first kappa shape index (κ1) is 16.1. The van der Waals surface area contributed by atoms with Gasteiger partial charge in [0.25, 0.3) is 0 Å². The van der Waals surface area contributed by atoms with Gasteiger partial charge in [-0.25, -0.2) is 4.79 Å². The van der Waals surface area contributed by atoms with Crippen molar-refractivity contribution < 1.29 is 4.79 Å². The van der Waals surface area contributed by atoms with Crippen LogP contribution in [0, 0.1) is 0 Å². The van der Waals surface area contributed by atoms with Gasteiger partial charge in [0, 0.05) is 24.6 Å². The number of aromatic nitrogens is 1. The molecule has 0 spiro atoms. The Labute approximate surface area is 149 Å². The second kappa shape index (κ2) is 7.26. The average Bonchev–Trinajstić information content (AvgIpc) is 2.69. The molecule has 0 bridgehead atoms. The van der Waals surface area contributed by atoms with Crippen LogP contribution in [0.15, 0.2) is 42.7 Å². The van der Waals surface area contributed by atoms with E-state index in [1.54, 1.807) is 6.20 Å². The monoisotopic (exact) mass is 335 g/mol. The number of fused-ring (bicyclic) bond motifs is 1. The molecule has 1 fully saturated rings. The van der Waals surface area contributed by atoms with Crippen molar-refractivity contribution in [2.75, 3.05) is 11.9 Å². The van der Waals surface area contributed by atoms with Gasteiger partial charge in [0.15, 0.2) is 0 Å².